The van der Waals surface area contributed by atoms with Crippen LogP contribution in [0.3, 0.4) is 0 Å². The Balaban J connectivity index is 1.90. The predicted octanol–water partition coefficient (Wildman–Crippen LogP) is 5.31. The van der Waals surface area contributed by atoms with E-state index in [0.717, 1.165) is 11.1 Å². The van der Waals surface area contributed by atoms with E-state index in [4.69, 9.17) is 23.2 Å². The molecule has 1 heterocycles. The molecule has 0 radical (unpaired) electrons. The summed E-state index contributed by atoms with van der Waals surface area (Å²) in [6.45, 7) is 1.87. The molecule has 0 aliphatic heterocycles. The molecule has 1 atom stereocenters. The molecule has 0 spiro atoms. The third kappa shape index (κ3) is 4.94. The summed E-state index contributed by atoms with van der Waals surface area (Å²) in [6, 6.07) is 13.6. The summed E-state index contributed by atoms with van der Waals surface area (Å²) in [7, 11) is 0. The van der Waals surface area contributed by atoms with Gasteiger partial charge >= 0.3 is 5.97 Å². The Morgan fingerprint density at radius 1 is 1.10 bits per heavy atom. The van der Waals surface area contributed by atoms with Gasteiger partial charge in [0.05, 0.1) is 28.1 Å². The second-order valence-corrected chi connectivity index (χ2v) is 7.33. The van der Waals surface area contributed by atoms with Gasteiger partial charge in [-0.25, -0.2) is 0 Å². The second-order valence-electron chi connectivity index (χ2n) is 6.54. The van der Waals surface area contributed by atoms with Crippen molar-refractivity contribution in [2.45, 2.75) is 19.4 Å². The highest BCUT2D eigenvalue weighted by molar-refractivity contribution is 6.43. The topological polar surface area (TPSA) is 79.3 Å². The second kappa shape index (κ2) is 9.07. The average Bonchev–Trinajstić information content (AvgIpc) is 2.69. The SMILES string of the molecule is Cc1ccccc1[C@H](CC(=O)O)NC(=O)c1cncc(-c2cccc(Cl)c2Cl)c1. The standard InChI is InChI=1S/C22H18Cl2N2O3/c1-13-5-2-3-6-16(13)19(10-20(27)28)26-22(29)15-9-14(11-25-12-15)17-7-4-8-18(23)21(17)24/h2-9,11-12,19H,10H2,1H3,(H,26,29)(H,27,28)/t19-/m0/s1. The molecular weight excluding hydrogens is 411 g/mol. The number of nitrogens with one attached hydrogen (secondary N) is 1. The molecule has 0 aliphatic rings. The number of carbonyl (C=O) groups is 2. The number of carboxylic acids is 1. The number of amides is 1. The fourth-order valence-corrected chi connectivity index (χ4v) is 3.48. The van der Waals surface area contributed by atoms with Crippen LogP contribution in [0.4, 0.5) is 0 Å². The minimum Gasteiger partial charge on any atom is -0.481 e. The van der Waals surface area contributed by atoms with Gasteiger partial charge in [0.15, 0.2) is 0 Å². The molecule has 1 amide bonds. The number of aliphatic carboxylic acids is 1. The molecule has 7 heteroatoms. The third-order valence-electron chi connectivity index (χ3n) is 4.51. The molecule has 3 rings (SSSR count). The summed E-state index contributed by atoms with van der Waals surface area (Å²) < 4.78 is 0. The molecule has 0 saturated carbocycles. The quantitative estimate of drug-likeness (QED) is 0.557. The van der Waals surface area contributed by atoms with Gasteiger partial charge < -0.3 is 10.4 Å². The van der Waals surface area contributed by atoms with Gasteiger partial charge in [0.25, 0.3) is 5.91 Å². The number of halogens is 2. The smallest absolute Gasteiger partial charge is 0.305 e. The van der Waals surface area contributed by atoms with E-state index in [-0.39, 0.29) is 6.42 Å². The van der Waals surface area contributed by atoms with E-state index < -0.39 is 17.9 Å². The van der Waals surface area contributed by atoms with Crippen LogP contribution in [0.2, 0.25) is 10.0 Å². The Morgan fingerprint density at radius 3 is 2.59 bits per heavy atom. The first-order valence-corrected chi connectivity index (χ1v) is 9.60. The van der Waals surface area contributed by atoms with E-state index in [1.54, 1.807) is 30.5 Å². The monoisotopic (exact) mass is 428 g/mol. The minimum absolute atomic E-state index is 0.232. The Labute approximate surface area is 178 Å². The van der Waals surface area contributed by atoms with Gasteiger partial charge in [-0.05, 0) is 30.2 Å². The molecule has 0 bridgehead atoms. The Morgan fingerprint density at radius 2 is 1.86 bits per heavy atom. The maximum Gasteiger partial charge on any atom is 0.305 e. The van der Waals surface area contributed by atoms with Gasteiger partial charge in [0.2, 0.25) is 0 Å². The van der Waals surface area contributed by atoms with E-state index in [1.807, 2.05) is 31.2 Å². The molecule has 0 aliphatic carbocycles. The molecule has 0 saturated heterocycles. The first-order valence-electron chi connectivity index (χ1n) is 8.84. The Bertz CT molecular complexity index is 1070. The lowest BCUT2D eigenvalue weighted by Crippen LogP contribution is -2.30. The number of carboxylic acid groups (broad SMARTS) is 1. The molecule has 0 unspecified atom stereocenters. The maximum absolute atomic E-state index is 12.9. The zero-order valence-electron chi connectivity index (χ0n) is 15.5. The summed E-state index contributed by atoms with van der Waals surface area (Å²) in [5, 5.41) is 12.9. The van der Waals surface area contributed by atoms with E-state index in [2.05, 4.69) is 10.3 Å². The van der Waals surface area contributed by atoms with Crippen LogP contribution in [0.5, 0.6) is 0 Å². The highest BCUT2D eigenvalue weighted by Crippen LogP contribution is 2.33. The van der Waals surface area contributed by atoms with E-state index >= 15 is 0 Å². The van der Waals surface area contributed by atoms with Crippen LogP contribution in [-0.4, -0.2) is 22.0 Å². The first kappa shape index (κ1) is 20.8. The van der Waals surface area contributed by atoms with Gasteiger partial charge in [-0.1, -0.05) is 59.6 Å². The lowest BCUT2D eigenvalue weighted by Gasteiger charge is -2.19. The van der Waals surface area contributed by atoms with Crippen molar-refractivity contribution in [1.29, 1.82) is 0 Å². The van der Waals surface area contributed by atoms with Crippen molar-refractivity contribution in [1.82, 2.24) is 10.3 Å². The van der Waals surface area contributed by atoms with Gasteiger partial charge in [0, 0.05) is 23.5 Å². The highest BCUT2D eigenvalue weighted by atomic mass is 35.5. The van der Waals surface area contributed by atoms with Crippen LogP contribution >= 0.6 is 23.2 Å². The normalized spacial score (nSPS) is 11.7. The number of benzene rings is 2. The first-order chi connectivity index (χ1) is 13.9. The summed E-state index contributed by atoms with van der Waals surface area (Å²) >= 11 is 12.4. The van der Waals surface area contributed by atoms with Crippen LogP contribution in [0.25, 0.3) is 11.1 Å². The number of aromatic nitrogens is 1. The number of nitrogens with zero attached hydrogens (tertiary/aromatic N) is 1. The predicted molar refractivity (Wildman–Crippen MR) is 113 cm³/mol. The van der Waals surface area contributed by atoms with E-state index in [9.17, 15) is 14.7 Å². The zero-order valence-corrected chi connectivity index (χ0v) is 17.0. The van der Waals surface area contributed by atoms with Crippen molar-refractivity contribution in [2.24, 2.45) is 0 Å². The molecule has 29 heavy (non-hydrogen) atoms. The summed E-state index contributed by atoms with van der Waals surface area (Å²) in [4.78, 5) is 28.3. The molecule has 148 valence electrons. The number of hydrogen-bond acceptors (Lipinski definition) is 3. The zero-order chi connectivity index (χ0) is 21.0. The van der Waals surface area contributed by atoms with Gasteiger partial charge in [0.1, 0.15) is 0 Å². The number of aryl methyl sites for hydroxylation is 1. The lowest BCUT2D eigenvalue weighted by atomic mass is 9.98. The van der Waals surface area contributed by atoms with Crippen molar-refractivity contribution in [3.8, 4) is 11.1 Å². The van der Waals surface area contributed by atoms with Crippen molar-refractivity contribution in [3.63, 3.8) is 0 Å². The maximum atomic E-state index is 12.9. The van der Waals surface area contributed by atoms with Crippen molar-refractivity contribution >= 4 is 35.1 Å². The molecule has 3 aromatic rings. The lowest BCUT2D eigenvalue weighted by molar-refractivity contribution is -0.137. The van der Waals surface area contributed by atoms with Crippen molar-refractivity contribution in [3.05, 3.63) is 87.7 Å². The molecule has 5 nitrogen and oxygen atoms in total. The van der Waals surface area contributed by atoms with Gasteiger partial charge in [-0.15, -0.1) is 0 Å². The van der Waals surface area contributed by atoms with Crippen LogP contribution < -0.4 is 5.32 Å². The summed E-state index contributed by atoms with van der Waals surface area (Å²) in [5.74, 6) is -1.43. The van der Waals surface area contributed by atoms with Crippen LogP contribution in [0.15, 0.2) is 60.9 Å². The van der Waals surface area contributed by atoms with Gasteiger partial charge in [-0.2, -0.15) is 0 Å². The summed E-state index contributed by atoms with van der Waals surface area (Å²) in [6.07, 6.45) is 2.78. The number of carbonyl (C=O) groups excluding carboxylic acids is 1. The van der Waals surface area contributed by atoms with Crippen molar-refractivity contribution in [2.75, 3.05) is 0 Å². The fraction of sp³-hybridized carbons (Fsp3) is 0.136. The molecule has 2 N–H and O–H groups in total. The van der Waals surface area contributed by atoms with Crippen molar-refractivity contribution < 1.29 is 14.7 Å². The minimum atomic E-state index is -1.00. The highest BCUT2D eigenvalue weighted by Gasteiger charge is 2.21. The number of rotatable bonds is 6. The Kier molecular flexibility index (Phi) is 6.52. The fourth-order valence-electron chi connectivity index (χ4n) is 3.07. The van der Waals surface area contributed by atoms with Crippen LogP contribution in [-0.2, 0) is 4.79 Å². The molecule has 2 aromatic carbocycles. The van der Waals surface area contributed by atoms with E-state index in [0.29, 0.717) is 26.7 Å². The largest absolute Gasteiger partial charge is 0.481 e. The molecule has 1 aromatic heterocycles. The van der Waals surface area contributed by atoms with E-state index in [1.165, 1.54) is 6.20 Å². The Hall–Kier alpha value is -2.89. The van der Waals surface area contributed by atoms with Crippen LogP contribution in [0.1, 0.15) is 33.9 Å². The average molecular weight is 429 g/mol. The third-order valence-corrected chi connectivity index (χ3v) is 5.33. The molecular formula is C22H18Cl2N2O3. The number of pyridine rings is 1. The number of hydrogen-bond donors (Lipinski definition) is 2. The summed E-state index contributed by atoms with van der Waals surface area (Å²) in [5.41, 5.74) is 3.24. The molecule has 0 fully saturated rings. The van der Waals surface area contributed by atoms with Gasteiger partial charge in [-0.3, -0.25) is 14.6 Å². The van der Waals surface area contributed by atoms with Crippen LogP contribution in [0, 0.1) is 6.92 Å².